The van der Waals surface area contributed by atoms with E-state index in [-0.39, 0.29) is 0 Å². The minimum atomic E-state index is 0.499. The molecule has 0 atom stereocenters. The normalized spacial score (nSPS) is 11.0. The minimum absolute atomic E-state index is 0.499. The Labute approximate surface area is 91.9 Å². The molecule has 1 aliphatic carbocycles. The zero-order valence-corrected chi connectivity index (χ0v) is 8.57. The van der Waals surface area contributed by atoms with Crippen molar-refractivity contribution in [1.82, 2.24) is 9.97 Å². The van der Waals surface area contributed by atoms with Crippen LogP contribution in [-0.2, 0) is 0 Å². The van der Waals surface area contributed by atoms with Crippen LogP contribution >= 0.6 is 11.6 Å². The molecule has 72 valence electrons. The van der Waals surface area contributed by atoms with Crippen LogP contribution in [-0.4, -0.2) is 9.97 Å². The van der Waals surface area contributed by atoms with Gasteiger partial charge in [-0.05, 0) is 24.3 Å². The molecule has 15 heavy (non-hydrogen) atoms. The fourth-order valence-corrected chi connectivity index (χ4v) is 1.88. The second kappa shape index (κ2) is 3.17. The van der Waals surface area contributed by atoms with Crippen molar-refractivity contribution in [3.8, 4) is 11.4 Å². The van der Waals surface area contributed by atoms with Gasteiger partial charge < -0.3 is 0 Å². The Morgan fingerprint density at radius 3 is 2.40 bits per heavy atom. The van der Waals surface area contributed by atoms with Gasteiger partial charge in [0.2, 0.25) is 0 Å². The summed E-state index contributed by atoms with van der Waals surface area (Å²) in [6, 6.07) is 13.5. The largest absolute Gasteiger partial charge is 0.246 e. The van der Waals surface area contributed by atoms with Crippen LogP contribution in [0.3, 0.4) is 0 Å². The first kappa shape index (κ1) is 8.62. The Kier molecular flexibility index (Phi) is 1.82. The van der Waals surface area contributed by atoms with E-state index in [0.29, 0.717) is 5.15 Å². The summed E-state index contributed by atoms with van der Waals surface area (Å²) < 4.78 is 0. The van der Waals surface area contributed by atoms with Gasteiger partial charge in [-0.3, -0.25) is 0 Å². The van der Waals surface area contributed by atoms with Crippen LogP contribution in [0.15, 0.2) is 42.5 Å². The Balaban J connectivity index is 2.53. The van der Waals surface area contributed by atoms with Gasteiger partial charge in [0.15, 0.2) is 0 Å². The quantitative estimate of drug-likeness (QED) is 0.573. The van der Waals surface area contributed by atoms with Crippen molar-refractivity contribution in [2.75, 3.05) is 0 Å². The van der Waals surface area contributed by atoms with Crippen LogP contribution in [0, 0.1) is 0 Å². The first-order valence-electron chi connectivity index (χ1n) is 4.65. The van der Waals surface area contributed by atoms with Crippen LogP contribution in [0.4, 0.5) is 0 Å². The highest BCUT2D eigenvalue weighted by Crippen LogP contribution is 2.25. The summed E-state index contributed by atoms with van der Waals surface area (Å²) in [7, 11) is 0. The number of aromatic nitrogens is 2. The maximum atomic E-state index is 6.13. The molecule has 0 N–H and O–H groups in total. The molecule has 1 aromatic carbocycles. The maximum Gasteiger partial charge on any atom is 0.139 e. The molecule has 1 heterocycles. The molecule has 0 spiro atoms. The van der Waals surface area contributed by atoms with Crippen molar-refractivity contribution in [3.05, 3.63) is 47.6 Å². The van der Waals surface area contributed by atoms with Crippen LogP contribution in [0.25, 0.3) is 22.3 Å². The van der Waals surface area contributed by atoms with Crippen molar-refractivity contribution >= 4 is 22.5 Å². The highest BCUT2D eigenvalue weighted by molar-refractivity contribution is 6.34. The average Bonchev–Trinajstić information content (AvgIpc) is 2.61. The van der Waals surface area contributed by atoms with Crippen LogP contribution < -0.4 is 0 Å². The third-order valence-electron chi connectivity index (χ3n) is 2.36. The number of benzene rings is 1. The zero-order valence-electron chi connectivity index (χ0n) is 7.81. The van der Waals surface area contributed by atoms with Crippen molar-refractivity contribution in [2.45, 2.75) is 0 Å². The highest BCUT2D eigenvalue weighted by atomic mass is 35.5. The molecule has 0 unspecified atom stereocenters. The van der Waals surface area contributed by atoms with Crippen LogP contribution in [0.1, 0.15) is 0 Å². The number of nitrogens with zero attached hydrogens (tertiary/aromatic N) is 2. The molecule has 3 rings (SSSR count). The number of rotatable bonds is 0. The summed E-state index contributed by atoms with van der Waals surface area (Å²) in [4.78, 5) is 8.84. The fourth-order valence-electron chi connectivity index (χ4n) is 1.63. The third kappa shape index (κ3) is 1.34. The molecule has 0 saturated carbocycles. The number of para-hydroxylation sites is 1. The average molecular weight is 215 g/mol. The molecular formula is C12H7ClN2. The number of halogens is 1. The molecule has 0 fully saturated rings. The lowest BCUT2D eigenvalue weighted by molar-refractivity contribution is 1.35. The first-order chi connectivity index (χ1) is 7.34. The van der Waals surface area contributed by atoms with Gasteiger partial charge in [-0.15, -0.1) is 0 Å². The van der Waals surface area contributed by atoms with Gasteiger partial charge in [-0.25, -0.2) is 9.97 Å². The molecule has 1 aliphatic heterocycles. The Morgan fingerprint density at radius 2 is 1.53 bits per heavy atom. The smallest absolute Gasteiger partial charge is 0.139 e. The Hall–Kier alpha value is -1.67. The molecule has 0 bridgehead atoms. The van der Waals surface area contributed by atoms with Gasteiger partial charge in [0.05, 0.1) is 16.9 Å². The molecule has 0 saturated heterocycles. The van der Waals surface area contributed by atoms with E-state index in [1.54, 1.807) is 0 Å². The number of fused-ring (bicyclic) bond motifs is 2. The SMILES string of the molecule is Clc1nc2cccc-2nc2ccccc12. The molecule has 1 aromatic rings. The molecule has 0 radical (unpaired) electrons. The van der Waals surface area contributed by atoms with E-state index < -0.39 is 0 Å². The van der Waals surface area contributed by atoms with Crippen LogP contribution in [0.2, 0.25) is 5.15 Å². The lowest BCUT2D eigenvalue weighted by Crippen LogP contribution is -1.75. The van der Waals surface area contributed by atoms with Crippen molar-refractivity contribution in [2.24, 2.45) is 0 Å². The molecular weight excluding hydrogens is 208 g/mol. The van der Waals surface area contributed by atoms with Gasteiger partial charge >= 0.3 is 0 Å². The molecule has 3 heteroatoms. The fraction of sp³-hybridized carbons (Fsp3) is 0. The second-order valence-electron chi connectivity index (χ2n) is 3.33. The van der Waals surface area contributed by atoms with Gasteiger partial charge in [0, 0.05) is 5.39 Å². The summed E-state index contributed by atoms with van der Waals surface area (Å²) in [5.41, 5.74) is 2.57. The lowest BCUT2D eigenvalue weighted by atomic mass is 10.2. The predicted octanol–water partition coefficient (Wildman–Crippen LogP) is 3.39. The molecule has 0 aromatic heterocycles. The lowest BCUT2D eigenvalue weighted by Gasteiger charge is -1.90. The summed E-state index contributed by atoms with van der Waals surface area (Å²) in [5.74, 6) is 0. The summed E-state index contributed by atoms with van der Waals surface area (Å²) in [6.45, 7) is 0. The van der Waals surface area contributed by atoms with E-state index in [0.717, 1.165) is 22.3 Å². The van der Waals surface area contributed by atoms with E-state index in [1.807, 2.05) is 42.5 Å². The zero-order chi connectivity index (χ0) is 10.3. The van der Waals surface area contributed by atoms with E-state index in [9.17, 15) is 0 Å². The van der Waals surface area contributed by atoms with Crippen molar-refractivity contribution < 1.29 is 0 Å². The van der Waals surface area contributed by atoms with Gasteiger partial charge in [0.1, 0.15) is 5.15 Å². The van der Waals surface area contributed by atoms with Gasteiger partial charge in [-0.2, -0.15) is 0 Å². The van der Waals surface area contributed by atoms with E-state index in [2.05, 4.69) is 9.97 Å². The van der Waals surface area contributed by atoms with Gasteiger partial charge in [0.25, 0.3) is 0 Å². The third-order valence-corrected chi connectivity index (χ3v) is 2.64. The topological polar surface area (TPSA) is 25.8 Å². The summed E-state index contributed by atoms with van der Waals surface area (Å²) in [6.07, 6.45) is 0. The van der Waals surface area contributed by atoms with E-state index in [1.165, 1.54) is 0 Å². The Bertz CT molecular complexity index is 607. The predicted molar refractivity (Wildman–Crippen MR) is 61.2 cm³/mol. The standard InChI is InChI=1S/C12H7ClN2/c13-12-8-4-1-2-5-9(8)14-10-6-3-7-11(10)15-12/h1-7H. The molecule has 2 aliphatic rings. The second-order valence-corrected chi connectivity index (χ2v) is 3.69. The van der Waals surface area contributed by atoms with Crippen molar-refractivity contribution in [1.29, 1.82) is 0 Å². The highest BCUT2D eigenvalue weighted by Gasteiger charge is 2.07. The number of hydrogen-bond donors (Lipinski definition) is 0. The molecule has 2 nitrogen and oxygen atoms in total. The minimum Gasteiger partial charge on any atom is -0.246 e. The number of hydrogen-bond acceptors (Lipinski definition) is 2. The first-order valence-corrected chi connectivity index (χ1v) is 5.03. The maximum absolute atomic E-state index is 6.13. The molecule has 0 amide bonds. The summed E-state index contributed by atoms with van der Waals surface area (Å²) in [5, 5.41) is 1.38. The van der Waals surface area contributed by atoms with Crippen LogP contribution in [0.5, 0.6) is 0 Å². The van der Waals surface area contributed by atoms with Gasteiger partial charge in [-0.1, -0.05) is 29.8 Å². The monoisotopic (exact) mass is 214 g/mol. The van der Waals surface area contributed by atoms with Crippen molar-refractivity contribution in [3.63, 3.8) is 0 Å². The van der Waals surface area contributed by atoms with E-state index in [4.69, 9.17) is 11.6 Å². The summed E-state index contributed by atoms with van der Waals surface area (Å²) >= 11 is 6.13. The Morgan fingerprint density at radius 1 is 0.800 bits per heavy atom. The van der Waals surface area contributed by atoms with E-state index >= 15 is 0 Å².